The van der Waals surface area contributed by atoms with E-state index in [0.717, 1.165) is 11.1 Å². The minimum Gasteiger partial charge on any atom is -0.286 e. The molecule has 0 aliphatic rings. The molecule has 3 aromatic rings. The van der Waals surface area contributed by atoms with Crippen molar-refractivity contribution in [2.45, 2.75) is 13.1 Å². The Bertz CT molecular complexity index is 907. The zero-order chi connectivity index (χ0) is 20.5. The van der Waals surface area contributed by atoms with E-state index in [-0.39, 0.29) is 12.5 Å². The summed E-state index contributed by atoms with van der Waals surface area (Å²) in [6.07, 6.45) is 0. The summed E-state index contributed by atoms with van der Waals surface area (Å²) in [6, 6.07) is 26.6. The van der Waals surface area contributed by atoms with Crippen LogP contribution in [0.4, 0.5) is 0 Å². The molecule has 0 saturated heterocycles. The molecule has 29 heavy (non-hydrogen) atoms. The van der Waals surface area contributed by atoms with Gasteiger partial charge in [0, 0.05) is 13.1 Å². The van der Waals surface area contributed by atoms with Crippen LogP contribution in [0.3, 0.4) is 0 Å². The first kappa shape index (κ1) is 20.6. The molecule has 0 unspecified atom stereocenters. The summed E-state index contributed by atoms with van der Waals surface area (Å²) >= 11 is 6.02. The summed E-state index contributed by atoms with van der Waals surface area (Å²) in [5, 5.41) is 0.328. The lowest BCUT2D eigenvalue weighted by Gasteiger charge is -2.22. The fraction of sp³-hybridized carbons (Fsp3) is 0.130. The van der Waals surface area contributed by atoms with Crippen molar-refractivity contribution in [1.82, 2.24) is 15.8 Å². The summed E-state index contributed by atoms with van der Waals surface area (Å²) in [7, 11) is 0. The Morgan fingerprint density at radius 3 is 1.79 bits per heavy atom. The van der Waals surface area contributed by atoms with Crippen molar-refractivity contribution in [1.29, 1.82) is 0 Å². The first-order valence-electron chi connectivity index (χ1n) is 9.26. The molecule has 3 rings (SSSR count). The van der Waals surface area contributed by atoms with Crippen molar-refractivity contribution < 1.29 is 9.59 Å². The lowest BCUT2D eigenvalue weighted by Crippen LogP contribution is -2.46. The normalized spacial score (nSPS) is 10.6. The highest BCUT2D eigenvalue weighted by atomic mass is 35.5. The van der Waals surface area contributed by atoms with E-state index in [9.17, 15) is 9.59 Å². The molecule has 5 nitrogen and oxygen atoms in total. The number of carbonyl (C=O) groups excluding carboxylic acids is 2. The molecule has 0 aliphatic carbocycles. The number of nitrogens with one attached hydrogen (secondary N) is 2. The molecule has 148 valence electrons. The van der Waals surface area contributed by atoms with Gasteiger partial charge in [-0.05, 0) is 23.3 Å². The van der Waals surface area contributed by atoms with E-state index in [1.54, 1.807) is 24.3 Å². The molecule has 2 N–H and O–H groups in total. The van der Waals surface area contributed by atoms with Gasteiger partial charge in [-0.3, -0.25) is 25.3 Å². The summed E-state index contributed by atoms with van der Waals surface area (Å²) in [5.41, 5.74) is 7.42. The first-order valence-corrected chi connectivity index (χ1v) is 9.63. The Morgan fingerprint density at radius 1 is 0.724 bits per heavy atom. The Balaban J connectivity index is 1.61. The minimum atomic E-state index is -0.457. The van der Waals surface area contributed by atoms with Crippen LogP contribution in [0.2, 0.25) is 5.02 Å². The van der Waals surface area contributed by atoms with Crippen LogP contribution in [0.15, 0.2) is 84.9 Å². The second-order valence-electron chi connectivity index (χ2n) is 6.60. The molecule has 0 aromatic heterocycles. The van der Waals surface area contributed by atoms with Crippen LogP contribution in [-0.2, 0) is 17.9 Å². The van der Waals surface area contributed by atoms with Gasteiger partial charge in [-0.1, -0.05) is 84.4 Å². The molecule has 6 heteroatoms. The predicted octanol–water partition coefficient (Wildman–Crippen LogP) is 3.80. The third-order valence-electron chi connectivity index (χ3n) is 4.30. The average Bonchev–Trinajstić information content (AvgIpc) is 2.74. The highest BCUT2D eigenvalue weighted by molar-refractivity contribution is 6.33. The topological polar surface area (TPSA) is 61.4 Å². The Kier molecular flexibility index (Phi) is 7.39. The number of halogens is 1. The zero-order valence-corrected chi connectivity index (χ0v) is 16.6. The van der Waals surface area contributed by atoms with E-state index >= 15 is 0 Å². The lowest BCUT2D eigenvalue weighted by molar-refractivity contribution is -0.123. The molecule has 3 aromatic carbocycles. The second-order valence-corrected chi connectivity index (χ2v) is 7.01. The molecule has 0 atom stereocenters. The fourth-order valence-corrected chi connectivity index (χ4v) is 3.15. The first-order chi connectivity index (χ1) is 14.1. The minimum absolute atomic E-state index is 0.132. The molecule has 0 saturated carbocycles. The van der Waals surface area contributed by atoms with E-state index in [4.69, 9.17) is 11.6 Å². The number of rotatable bonds is 7. The number of carbonyl (C=O) groups is 2. The number of nitrogens with zero attached hydrogens (tertiary/aromatic N) is 1. The van der Waals surface area contributed by atoms with Crippen molar-refractivity contribution >= 4 is 23.4 Å². The van der Waals surface area contributed by atoms with E-state index < -0.39 is 5.91 Å². The molecule has 0 heterocycles. The molecule has 0 spiro atoms. The van der Waals surface area contributed by atoms with Gasteiger partial charge < -0.3 is 0 Å². The van der Waals surface area contributed by atoms with Crippen LogP contribution < -0.4 is 10.9 Å². The number of hydrazine groups is 1. The maximum absolute atomic E-state index is 12.5. The van der Waals surface area contributed by atoms with Gasteiger partial charge in [-0.25, -0.2) is 0 Å². The molecule has 0 bridgehead atoms. The Labute approximate surface area is 175 Å². The van der Waals surface area contributed by atoms with Gasteiger partial charge in [0.25, 0.3) is 11.8 Å². The van der Waals surface area contributed by atoms with Gasteiger partial charge in [0.1, 0.15) is 0 Å². The standard InChI is InChI=1S/C23H22ClN3O2/c24-21-14-8-7-13-20(21)23(29)26-25-22(28)17-27(15-18-9-3-1-4-10-18)16-19-11-5-2-6-12-19/h1-14H,15-17H2,(H,25,28)(H,26,29). The summed E-state index contributed by atoms with van der Waals surface area (Å²) < 4.78 is 0. The SMILES string of the molecule is O=C(CN(Cc1ccccc1)Cc1ccccc1)NNC(=O)c1ccccc1Cl. The number of hydrogen-bond acceptors (Lipinski definition) is 3. The van der Waals surface area contributed by atoms with Crippen molar-refractivity contribution in [3.05, 3.63) is 107 Å². The molecule has 0 aliphatic heterocycles. The Hall–Kier alpha value is -3.15. The maximum atomic E-state index is 12.5. The maximum Gasteiger partial charge on any atom is 0.271 e. The van der Waals surface area contributed by atoms with E-state index in [1.165, 1.54) is 0 Å². The summed E-state index contributed by atoms with van der Waals surface area (Å²) in [4.78, 5) is 26.7. The Morgan fingerprint density at radius 2 is 1.24 bits per heavy atom. The van der Waals surface area contributed by atoms with Crippen molar-refractivity contribution in [3.63, 3.8) is 0 Å². The largest absolute Gasteiger partial charge is 0.286 e. The van der Waals surface area contributed by atoms with Crippen LogP contribution >= 0.6 is 11.6 Å². The van der Waals surface area contributed by atoms with Crippen LogP contribution in [0, 0.1) is 0 Å². The van der Waals surface area contributed by atoms with Gasteiger partial charge in [0.05, 0.1) is 17.1 Å². The predicted molar refractivity (Wildman–Crippen MR) is 114 cm³/mol. The number of amides is 2. The lowest BCUT2D eigenvalue weighted by atomic mass is 10.1. The van der Waals surface area contributed by atoms with Gasteiger partial charge in [0.15, 0.2) is 0 Å². The third kappa shape index (κ3) is 6.45. The quantitative estimate of drug-likeness (QED) is 0.585. The monoisotopic (exact) mass is 407 g/mol. The van der Waals surface area contributed by atoms with Gasteiger partial charge in [-0.15, -0.1) is 0 Å². The van der Waals surface area contributed by atoms with E-state index in [0.29, 0.717) is 23.7 Å². The van der Waals surface area contributed by atoms with E-state index in [1.807, 2.05) is 65.6 Å². The molecule has 0 fully saturated rings. The van der Waals surface area contributed by atoms with E-state index in [2.05, 4.69) is 10.9 Å². The van der Waals surface area contributed by atoms with Crippen LogP contribution in [0.1, 0.15) is 21.5 Å². The molecule has 2 amide bonds. The number of hydrogen-bond donors (Lipinski definition) is 2. The average molecular weight is 408 g/mol. The molecule has 0 radical (unpaired) electrons. The molecular weight excluding hydrogens is 386 g/mol. The third-order valence-corrected chi connectivity index (χ3v) is 4.63. The van der Waals surface area contributed by atoms with Crippen LogP contribution in [0.25, 0.3) is 0 Å². The van der Waals surface area contributed by atoms with Crippen LogP contribution in [-0.4, -0.2) is 23.3 Å². The van der Waals surface area contributed by atoms with Gasteiger partial charge in [-0.2, -0.15) is 0 Å². The highest BCUT2D eigenvalue weighted by Crippen LogP contribution is 2.14. The zero-order valence-electron chi connectivity index (χ0n) is 15.8. The second kappa shape index (κ2) is 10.4. The smallest absolute Gasteiger partial charge is 0.271 e. The summed E-state index contributed by atoms with van der Waals surface area (Å²) in [5.74, 6) is -0.765. The van der Waals surface area contributed by atoms with Gasteiger partial charge in [0.2, 0.25) is 0 Å². The van der Waals surface area contributed by atoms with Crippen molar-refractivity contribution in [2.75, 3.05) is 6.54 Å². The van der Waals surface area contributed by atoms with Crippen molar-refractivity contribution in [2.24, 2.45) is 0 Å². The molecular formula is C23H22ClN3O2. The van der Waals surface area contributed by atoms with Crippen molar-refractivity contribution in [3.8, 4) is 0 Å². The number of benzene rings is 3. The van der Waals surface area contributed by atoms with Crippen LogP contribution in [0.5, 0.6) is 0 Å². The summed E-state index contributed by atoms with van der Waals surface area (Å²) in [6.45, 7) is 1.36. The van der Waals surface area contributed by atoms with Gasteiger partial charge >= 0.3 is 0 Å². The fourth-order valence-electron chi connectivity index (χ4n) is 2.93. The highest BCUT2D eigenvalue weighted by Gasteiger charge is 2.14.